The summed E-state index contributed by atoms with van der Waals surface area (Å²) in [6.45, 7) is 1.61. The summed E-state index contributed by atoms with van der Waals surface area (Å²) in [5.74, 6) is 0. The average Bonchev–Trinajstić information content (AvgIpc) is 2.45. The van der Waals surface area contributed by atoms with Crippen LogP contribution in [0.3, 0.4) is 0 Å². The van der Waals surface area contributed by atoms with Crippen LogP contribution in [0.25, 0.3) is 0 Å². The Morgan fingerprint density at radius 2 is 1.82 bits per heavy atom. The van der Waals surface area contributed by atoms with E-state index in [4.69, 9.17) is 10.5 Å². The number of benzene rings is 1. The summed E-state index contributed by atoms with van der Waals surface area (Å²) < 4.78 is 43.7. The molecule has 0 atom stereocenters. The number of hydrogen-bond donors (Lipinski definition) is 1. The Morgan fingerprint density at radius 1 is 1.23 bits per heavy atom. The van der Waals surface area contributed by atoms with E-state index in [2.05, 4.69) is 0 Å². The summed E-state index contributed by atoms with van der Waals surface area (Å²) >= 11 is 0. The van der Waals surface area contributed by atoms with Crippen LogP contribution >= 0.6 is 24.8 Å². The number of hydrogen-bond acceptors (Lipinski definition) is 3. The van der Waals surface area contributed by atoms with Crippen molar-refractivity contribution in [1.82, 2.24) is 0 Å². The maximum atomic E-state index is 12.8. The molecule has 2 rings (SSSR count). The second-order valence-corrected chi connectivity index (χ2v) is 4.97. The predicted octanol–water partition coefficient (Wildman–Crippen LogP) is 3.62. The first-order valence-electron chi connectivity index (χ1n) is 6.63. The van der Waals surface area contributed by atoms with Crippen LogP contribution in [0.5, 0.6) is 0 Å². The van der Waals surface area contributed by atoms with Crippen molar-refractivity contribution in [2.75, 3.05) is 25.1 Å². The number of ether oxygens (including phenoxy) is 1. The molecule has 1 heterocycles. The zero-order valence-electron chi connectivity index (χ0n) is 12.2. The summed E-state index contributed by atoms with van der Waals surface area (Å²) in [5.41, 5.74) is 6.35. The molecule has 0 bridgehead atoms. The van der Waals surface area contributed by atoms with Gasteiger partial charge in [0.1, 0.15) is 0 Å². The summed E-state index contributed by atoms with van der Waals surface area (Å²) in [6.07, 6.45) is -2.50. The van der Waals surface area contributed by atoms with Crippen LogP contribution < -0.4 is 10.6 Å². The van der Waals surface area contributed by atoms with Gasteiger partial charge in [-0.05, 0) is 30.5 Å². The quantitative estimate of drug-likeness (QED) is 0.894. The molecule has 1 aliphatic heterocycles. The van der Waals surface area contributed by atoms with Crippen LogP contribution in [0.1, 0.15) is 24.0 Å². The summed E-state index contributed by atoms with van der Waals surface area (Å²) in [7, 11) is 1.66. The number of anilines is 1. The normalized spacial score (nSPS) is 16.0. The van der Waals surface area contributed by atoms with Crippen LogP contribution in [-0.4, -0.2) is 26.3 Å². The standard InChI is InChI=1S/C14H19F3N2O.2ClH/c1-20-12-4-6-19(7-5-12)13-8-11(14(15,16)17)3-2-10(13)9-18;;/h2-3,8,12H,4-7,9,18H2,1H3;2*1H. The van der Waals surface area contributed by atoms with Crippen LogP contribution in [-0.2, 0) is 17.5 Å². The van der Waals surface area contributed by atoms with Gasteiger partial charge < -0.3 is 15.4 Å². The number of alkyl halides is 3. The van der Waals surface area contributed by atoms with Crippen molar-refractivity contribution in [3.63, 3.8) is 0 Å². The highest BCUT2D eigenvalue weighted by molar-refractivity contribution is 5.85. The highest BCUT2D eigenvalue weighted by Gasteiger charge is 2.32. The SMILES string of the molecule is COC1CCN(c2cc(C(F)(F)F)ccc2CN)CC1.Cl.Cl. The zero-order valence-corrected chi connectivity index (χ0v) is 13.9. The monoisotopic (exact) mass is 360 g/mol. The lowest BCUT2D eigenvalue weighted by molar-refractivity contribution is -0.137. The predicted molar refractivity (Wildman–Crippen MR) is 86.1 cm³/mol. The van der Waals surface area contributed by atoms with Gasteiger partial charge in [-0.1, -0.05) is 6.07 Å². The molecule has 2 N–H and O–H groups in total. The fourth-order valence-electron chi connectivity index (χ4n) is 2.54. The number of halogens is 5. The van der Waals surface area contributed by atoms with Crippen LogP contribution in [0.15, 0.2) is 18.2 Å². The molecule has 1 fully saturated rings. The molecule has 22 heavy (non-hydrogen) atoms. The van der Waals surface area contributed by atoms with Gasteiger partial charge in [0.25, 0.3) is 0 Å². The van der Waals surface area contributed by atoms with E-state index < -0.39 is 11.7 Å². The lowest BCUT2D eigenvalue weighted by atomic mass is 10.0. The van der Waals surface area contributed by atoms with Gasteiger partial charge in [-0.3, -0.25) is 0 Å². The molecule has 0 saturated carbocycles. The summed E-state index contributed by atoms with van der Waals surface area (Å²) in [6, 6.07) is 3.77. The average molecular weight is 361 g/mol. The van der Waals surface area contributed by atoms with Crippen LogP contribution in [0, 0.1) is 0 Å². The molecule has 8 heteroatoms. The second-order valence-electron chi connectivity index (χ2n) is 4.97. The minimum absolute atomic E-state index is 0. The van der Waals surface area contributed by atoms with E-state index in [1.54, 1.807) is 7.11 Å². The number of nitrogens with zero attached hydrogens (tertiary/aromatic N) is 1. The van der Waals surface area contributed by atoms with Crippen LogP contribution in [0.2, 0.25) is 0 Å². The third-order valence-electron chi connectivity index (χ3n) is 3.75. The van der Waals surface area contributed by atoms with Crippen molar-refractivity contribution in [1.29, 1.82) is 0 Å². The number of nitrogens with two attached hydrogens (primary N) is 1. The lowest BCUT2D eigenvalue weighted by Gasteiger charge is -2.34. The smallest absolute Gasteiger partial charge is 0.381 e. The first-order chi connectivity index (χ1) is 9.45. The molecule has 0 aliphatic carbocycles. The van der Waals surface area contributed by atoms with E-state index in [0.29, 0.717) is 18.8 Å². The zero-order chi connectivity index (χ0) is 14.8. The van der Waals surface area contributed by atoms with Gasteiger partial charge in [-0.2, -0.15) is 13.2 Å². The van der Waals surface area contributed by atoms with Crippen molar-refractivity contribution in [3.8, 4) is 0 Å². The van der Waals surface area contributed by atoms with Crippen molar-refractivity contribution >= 4 is 30.5 Å². The Labute approximate surface area is 140 Å². The maximum Gasteiger partial charge on any atom is 0.416 e. The second kappa shape index (κ2) is 8.82. The molecule has 1 saturated heterocycles. The molecule has 1 aromatic rings. The number of rotatable bonds is 3. The minimum atomic E-state index is -4.33. The van der Waals surface area contributed by atoms with E-state index in [-0.39, 0.29) is 37.5 Å². The molecule has 0 unspecified atom stereocenters. The highest BCUT2D eigenvalue weighted by atomic mass is 35.5. The first kappa shape index (κ1) is 21.3. The molecule has 1 aliphatic rings. The van der Waals surface area contributed by atoms with Crippen molar-refractivity contribution in [3.05, 3.63) is 29.3 Å². The van der Waals surface area contributed by atoms with Gasteiger partial charge in [0, 0.05) is 32.4 Å². The number of piperidine rings is 1. The Hall–Kier alpha value is -0.690. The Morgan fingerprint density at radius 3 is 2.27 bits per heavy atom. The first-order valence-corrected chi connectivity index (χ1v) is 6.63. The lowest BCUT2D eigenvalue weighted by Crippen LogP contribution is -2.37. The summed E-state index contributed by atoms with van der Waals surface area (Å²) in [4.78, 5) is 1.97. The largest absolute Gasteiger partial charge is 0.416 e. The Kier molecular flexibility index (Phi) is 8.54. The topological polar surface area (TPSA) is 38.5 Å². The maximum absolute atomic E-state index is 12.8. The molecule has 0 aromatic heterocycles. The van der Waals surface area contributed by atoms with Gasteiger partial charge in [0.15, 0.2) is 0 Å². The Balaban J connectivity index is 0.00000220. The molecular weight excluding hydrogens is 340 g/mol. The molecule has 1 aromatic carbocycles. The third kappa shape index (κ3) is 4.91. The third-order valence-corrected chi connectivity index (χ3v) is 3.75. The van der Waals surface area contributed by atoms with E-state index in [9.17, 15) is 13.2 Å². The van der Waals surface area contributed by atoms with Gasteiger partial charge in [-0.25, -0.2) is 0 Å². The van der Waals surface area contributed by atoms with Gasteiger partial charge in [0.2, 0.25) is 0 Å². The highest BCUT2D eigenvalue weighted by Crippen LogP contribution is 2.34. The molecular formula is C14H21Cl2F3N2O. The Bertz CT molecular complexity index is 464. The van der Waals surface area contributed by atoms with E-state index in [1.165, 1.54) is 12.1 Å². The van der Waals surface area contributed by atoms with Gasteiger partial charge in [0.05, 0.1) is 11.7 Å². The van der Waals surface area contributed by atoms with Gasteiger partial charge >= 0.3 is 6.18 Å². The van der Waals surface area contributed by atoms with Gasteiger partial charge in [-0.15, -0.1) is 24.8 Å². The molecule has 0 amide bonds. The molecule has 0 radical (unpaired) electrons. The minimum Gasteiger partial charge on any atom is -0.381 e. The molecule has 0 spiro atoms. The van der Waals surface area contributed by atoms with Crippen molar-refractivity contribution in [2.24, 2.45) is 5.73 Å². The summed E-state index contributed by atoms with van der Waals surface area (Å²) in [5, 5.41) is 0. The molecule has 128 valence electrons. The van der Waals surface area contributed by atoms with Crippen molar-refractivity contribution < 1.29 is 17.9 Å². The molecule has 3 nitrogen and oxygen atoms in total. The van der Waals surface area contributed by atoms with E-state index in [0.717, 1.165) is 24.5 Å². The van der Waals surface area contributed by atoms with Crippen molar-refractivity contribution in [2.45, 2.75) is 31.7 Å². The van der Waals surface area contributed by atoms with Crippen LogP contribution in [0.4, 0.5) is 18.9 Å². The fourth-order valence-corrected chi connectivity index (χ4v) is 2.54. The fraction of sp³-hybridized carbons (Fsp3) is 0.571. The van der Waals surface area contributed by atoms with E-state index >= 15 is 0 Å². The van der Waals surface area contributed by atoms with E-state index in [1.807, 2.05) is 4.90 Å². The number of methoxy groups -OCH3 is 1.